The van der Waals surface area contributed by atoms with Crippen molar-refractivity contribution < 1.29 is 4.92 Å². The van der Waals surface area contributed by atoms with Gasteiger partial charge in [0.1, 0.15) is 0 Å². The van der Waals surface area contributed by atoms with Crippen molar-refractivity contribution in [3.8, 4) is 0 Å². The number of nitro benzene ring substituents is 1. The Morgan fingerprint density at radius 2 is 2.33 bits per heavy atom. The number of rotatable bonds is 3. The first-order valence-electron chi connectivity index (χ1n) is 5.97. The molecule has 1 fully saturated rings. The van der Waals surface area contributed by atoms with Gasteiger partial charge in [-0.15, -0.1) is 0 Å². The van der Waals surface area contributed by atoms with Crippen molar-refractivity contribution >= 4 is 17.3 Å². The summed E-state index contributed by atoms with van der Waals surface area (Å²) in [6.45, 7) is 2.24. The molecule has 0 radical (unpaired) electrons. The van der Waals surface area contributed by atoms with Crippen LogP contribution >= 0.6 is 11.6 Å². The third kappa shape index (κ3) is 3.19. The molecule has 0 bridgehead atoms. The Kier molecular flexibility index (Phi) is 4.16. The van der Waals surface area contributed by atoms with Crippen LogP contribution in [0.4, 0.5) is 5.69 Å². The Hall–Kier alpha value is -1.17. The number of nitro groups is 1. The van der Waals surface area contributed by atoms with E-state index in [2.05, 4.69) is 4.90 Å². The molecular formula is C12H16ClN3O2. The van der Waals surface area contributed by atoms with Crippen LogP contribution in [0.2, 0.25) is 5.02 Å². The highest BCUT2D eigenvalue weighted by atomic mass is 35.5. The normalized spacial score (nSPS) is 20.9. The first-order chi connectivity index (χ1) is 8.56. The van der Waals surface area contributed by atoms with Crippen LogP contribution in [0.15, 0.2) is 18.2 Å². The fourth-order valence-corrected chi connectivity index (χ4v) is 2.53. The van der Waals surface area contributed by atoms with E-state index < -0.39 is 0 Å². The van der Waals surface area contributed by atoms with Crippen molar-refractivity contribution in [2.75, 3.05) is 13.1 Å². The quantitative estimate of drug-likeness (QED) is 0.674. The van der Waals surface area contributed by atoms with E-state index in [9.17, 15) is 10.1 Å². The molecule has 1 aromatic rings. The summed E-state index contributed by atoms with van der Waals surface area (Å²) >= 11 is 5.90. The standard InChI is InChI=1S/C12H16ClN3O2/c13-10-3-4-12(16(17)18)9(6-10)7-15-5-1-2-11(14)8-15/h3-4,6,11H,1-2,5,7-8,14H2. The Morgan fingerprint density at radius 3 is 3.00 bits per heavy atom. The SMILES string of the molecule is NC1CCCN(Cc2cc(Cl)ccc2[N+](=O)[O-])C1. The predicted molar refractivity (Wildman–Crippen MR) is 70.6 cm³/mol. The molecule has 18 heavy (non-hydrogen) atoms. The number of benzene rings is 1. The number of hydrogen-bond acceptors (Lipinski definition) is 4. The summed E-state index contributed by atoms with van der Waals surface area (Å²) < 4.78 is 0. The zero-order valence-corrected chi connectivity index (χ0v) is 10.8. The van der Waals surface area contributed by atoms with Crippen LogP contribution in [0.5, 0.6) is 0 Å². The Labute approximate surface area is 111 Å². The van der Waals surface area contributed by atoms with E-state index in [1.54, 1.807) is 12.1 Å². The zero-order chi connectivity index (χ0) is 13.1. The summed E-state index contributed by atoms with van der Waals surface area (Å²) in [5.74, 6) is 0. The smallest absolute Gasteiger partial charge is 0.273 e. The summed E-state index contributed by atoms with van der Waals surface area (Å²) in [6.07, 6.45) is 2.06. The first kappa shape index (κ1) is 13.3. The van der Waals surface area contributed by atoms with Crippen LogP contribution in [-0.4, -0.2) is 29.0 Å². The monoisotopic (exact) mass is 269 g/mol. The molecule has 0 saturated carbocycles. The first-order valence-corrected chi connectivity index (χ1v) is 6.35. The lowest BCUT2D eigenvalue weighted by atomic mass is 10.1. The van der Waals surface area contributed by atoms with Crippen molar-refractivity contribution in [3.63, 3.8) is 0 Å². The molecular weight excluding hydrogens is 254 g/mol. The van der Waals surface area contributed by atoms with Crippen molar-refractivity contribution in [3.05, 3.63) is 38.9 Å². The summed E-state index contributed by atoms with van der Waals surface area (Å²) in [4.78, 5) is 12.7. The zero-order valence-electron chi connectivity index (χ0n) is 10.0. The fraction of sp³-hybridized carbons (Fsp3) is 0.500. The van der Waals surface area contributed by atoms with E-state index in [-0.39, 0.29) is 16.7 Å². The Morgan fingerprint density at radius 1 is 1.56 bits per heavy atom. The molecule has 1 aliphatic heterocycles. The molecule has 1 heterocycles. The molecule has 2 N–H and O–H groups in total. The van der Waals surface area contributed by atoms with Gasteiger partial charge in [-0.05, 0) is 31.5 Å². The molecule has 1 unspecified atom stereocenters. The number of nitrogens with zero attached hydrogens (tertiary/aromatic N) is 2. The molecule has 5 nitrogen and oxygen atoms in total. The van der Waals surface area contributed by atoms with Crippen LogP contribution in [-0.2, 0) is 6.54 Å². The van der Waals surface area contributed by atoms with Gasteiger partial charge in [-0.25, -0.2) is 0 Å². The topological polar surface area (TPSA) is 72.4 Å². The van der Waals surface area contributed by atoms with Crippen molar-refractivity contribution in [1.82, 2.24) is 4.90 Å². The summed E-state index contributed by atoms with van der Waals surface area (Å²) in [5.41, 5.74) is 6.68. The lowest BCUT2D eigenvalue weighted by Crippen LogP contribution is -2.42. The highest BCUT2D eigenvalue weighted by molar-refractivity contribution is 6.30. The van der Waals surface area contributed by atoms with E-state index in [1.807, 2.05) is 0 Å². The second-order valence-electron chi connectivity index (χ2n) is 4.67. The van der Waals surface area contributed by atoms with Gasteiger partial charge in [-0.3, -0.25) is 15.0 Å². The maximum absolute atomic E-state index is 11.0. The number of nitrogens with two attached hydrogens (primary N) is 1. The minimum absolute atomic E-state index is 0.124. The molecule has 1 aromatic carbocycles. The number of likely N-dealkylation sites (tertiary alicyclic amines) is 1. The lowest BCUT2D eigenvalue weighted by Gasteiger charge is -2.30. The van der Waals surface area contributed by atoms with E-state index in [4.69, 9.17) is 17.3 Å². The van der Waals surface area contributed by atoms with Crippen LogP contribution in [0.1, 0.15) is 18.4 Å². The molecule has 1 saturated heterocycles. The molecule has 98 valence electrons. The van der Waals surface area contributed by atoms with Gasteiger partial charge < -0.3 is 5.73 Å². The van der Waals surface area contributed by atoms with Gasteiger partial charge in [0, 0.05) is 35.8 Å². The second-order valence-corrected chi connectivity index (χ2v) is 5.10. The summed E-state index contributed by atoms with van der Waals surface area (Å²) in [5, 5.41) is 11.5. The van der Waals surface area contributed by atoms with Crippen LogP contribution in [0, 0.1) is 10.1 Å². The fourth-order valence-electron chi connectivity index (χ4n) is 2.33. The van der Waals surface area contributed by atoms with Gasteiger partial charge in [-0.2, -0.15) is 0 Å². The maximum atomic E-state index is 11.0. The predicted octanol–water partition coefficient (Wildman–Crippen LogP) is 2.17. The van der Waals surface area contributed by atoms with Crippen molar-refractivity contribution in [2.24, 2.45) is 5.73 Å². The van der Waals surface area contributed by atoms with Gasteiger partial charge in [0.25, 0.3) is 5.69 Å². The minimum Gasteiger partial charge on any atom is -0.327 e. The Bertz CT molecular complexity index is 453. The molecule has 0 aliphatic carbocycles. The maximum Gasteiger partial charge on any atom is 0.273 e. The largest absolute Gasteiger partial charge is 0.327 e. The van der Waals surface area contributed by atoms with Crippen LogP contribution < -0.4 is 5.73 Å². The van der Waals surface area contributed by atoms with Gasteiger partial charge in [0.2, 0.25) is 0 Å². The average Bonchev–Trinajstić information content (AvgIpc) is 2.28. The van der Waals surface area contributed by atoms with Gasteiger partial charge in [-0.1, -0.05) is 11.6 Å². The molecule has 1 atom stereocenters. The summed E-state index contributed by atoms with van der Waals surface area (Å²) in [7, 11) is 0. The molecule has 2 rings (SSSR count). The van der Waals surface area contributed by atoms with E-state index in [0.29, 0.717) is 17.1 Å². The molecule has 0 spiro atoms. The number of hydrogen-bond donors (Lipinski definition) is 1. The van der Waals surface area contributed by atoms with Gasteiger partial charge >= 0.3 is 0 Å². The highest BCUT2D eigenvalue weighted by Gasteiger charge is 2.21. The van der Waals surface area contributed by atoms with Crippen molar-refractivity contribution in [1.29, 1.82) is 0 Å². The average molecular weight is 270 g/mol. The second kappa shape index (κ2) is 5.65. The highest BCUT2D eigenvalue weighted by Crippen LogP contribution is 2.25. The van der Waals surface area contributed by atoms with Crippen LogP contribution in [0.25, 0.3) is 0 Å². The van der Waals surface area contributed by atoms with Gasteiger partial charge in [0.05, 0.1) is 4.92 Å². The van der Waals surface area contributed by atoms with Crippen LogP contribution in [0.3, 0.4) is 0 Å². The van der Waals surface area contributed by atoms with E-state index in [0.717, 1.165) is 25.9 Å². The Balaban J connectivity index is 2.16. The molecule has 6 heteroatoms. The number of halogens is 1. The van der Waals surface area contributed by atoms with E-state index >= 15 is 0 Å². The van der Waals surface area contributed by atoms with E-state index in [1.165, 1.54) is 6.07 Å². The molecule has 0 aromatic heterocycles. The third-order valence-corrected chi connectivity index (χ3v) is 3.41. The van der Waals surface area contributed by atoms with Crippen molar-refractivity contribution in [2.45, 2.75) is 25.4 Å². The third-order valence-electron chi connectivity index (χ3n) is 3.17. The minimum atomic E-state index is -0.366. The lowest BCUT2D eigenvalue weighted by molar-refractivity contribution is -0.385. The molecule has 0 amide bonds. The summed E-state index contributed by atoms with van der Waals surface area (Å²) in [6, 6.07) is 4.84. The van der Waals surface area contributed by atoms with Gasteiger partial charge in [0.15, 0.2) is 0 Å². The molecule has 1 aliphatic rings. The number of piperidine rings is 1.